The SMILES string of the molecule is [CH2]C(C)(C)CC(F)(F)F. The average Bonchev–Trinajstić information content (AvgIpc) is 1.14. The molecule has 3 heteroatoms. The van der Waals surface area contributed by atoms with E-state index in [9.17, 15) is 13.2 Å². The van der Waals surface area contributed by atoms with Gasteiger partial charge in [0.1, 0.15) is 0 Å². The molecule has 0 bridgehead atoms. The molecule has 0 aromatic heterocycles. The Morgan fingerprint density at radius 3 is 1.56 bits per heavy atom. The van der Waals surface area contributed by atoms with E-state index in [-0.39, 0.29) is 0 Å². The third-order valence-electron chi connectivity index (χ3n) is 0.679. The molecule has 0 atom stereocenters. The number of rotatable bonds is 1. The standard InChI is InChI=1S/C6H10F3/c1-5(2,3)4-6(7,8)9/h1,4H2,2-3H3. The molecule has 0 saturated carbocycles. The summed E-state index contributed by atoms with van der Waals surface area (Å²) in [6, 6.07) is 0. The van der Waals surface area contributed by atoms with Crippen LogP contribution in [0.3, 0.4) is 0 Å². The molecule has 55 valence electrons. The summed E-state index contributed by atoms with van der Waals surface area (Å²) < 4.78 is 34.5. The van der Waals surface area contributed by atoms with Crippen LogP contribution in [-0.2, 0) is 0 Å². The quantitative estimate of drug-likeness (QED) is 0.524. The van der Waals surface area contributed by atoms with Crippen LogP contribution in [0.15, 0.2) is 0 Å². The van der Waals surface area contributed by atoms with Gasteiger partial charge in [-0.25, -0.2) is 0 Å². The Bertz CT molecular complexity index is 73.5. The second-order valence-electron chi connectivity index (χ2n) is 2.96. The molecular formula is C6H10F3. The molecule has 1 radical (unpaired) electrons. The zero-order chi connectivity index (χ0) is 7.71. The summed E-state index contributed by atoms with van der Waals surface area (Å²) in [5.74, 6) is 0. The van der Waals surface area contributed by atoms with Gasteiger partial charge in [-0.15, -0.1) is 0 Å². The normalized spacial score (nSPS) is 14.0. The van der Waals surface area contributed by atoms with Gasteiger partial charge in [-0.05, 0) is 12.3 Å². The summed E-state index contributed by atoms with van der Waals surface area (Å²) in [5, 5.41) is 0. The maximum atomic E-state index is 11.5. The molecule has 0 nitrogen and oxygen atoms in total. The van der Waals surface area contributed by atoms with Gasteiger partial charge in [0.15, 0.2) is 0 Å². The van der Waals surface area contributed by atoms with Gasteiger partial charge in [0.2, 0.25) is 0 Å². The van der Waals surface area contributed by atoms with Crippen molar-refractivity contribution in [1.82, 2.24) is 0 Å². The van der Waals surface area contributed by atoms with Crippen LogP contribution < -0.4 is 0 Å². The third-order valence-corrected chi connectivity index (χ3v) is 0.679. The van der Waals surface area contributed by atoms with Crippen LogP contribution >= 0.6 is 0 Å². The van der Waals surface area contributed by atoms with Crippen LogP contribution in [-0.4, -0.2) is 6.18 Å². The predicted octanol–water partition coefficient (Wildman–Crippen LogP) is 2.80. The maximum absolute atomic E-state index is 11.5. The molecule has 0 aromatic carbocycles. The van der Waals surface area contributed by atoms with Gasteiger partial charge in [0.05, 0.1) is 0 Å². The fourth-order valence-electron chi connectivity index (χ4n) is 0.543. The van der Waals surface area contributed by atoms with E-state index in [0.29, 0.717) is 0 Å². The van der Waals surface area contributed by atoms with Gasteiger partial charge in [-0.3, -0.25) is 0 Å². The lowest BCUT2D eigenvalue weighted by Gasteiger charge is -2.19. The van der Waals surface area contributed by atoms with Gasteiger partial charge in [-0.2, -0.15) is 13.2 Å². The van der Waals surface area contributed by atoms with E-state index >= 15 is 0 Å². The minimum atomic E-state index is -4.08. The van der Waals surface area contributed by atoms with E-state index in [1.54, 1.807) is 0 Å². The van der Waals surface area contributed by atoms with Crippen molar-refractivity contribution in [2.75, 3.05) is 0 Å². The molecule has 0 aliphatic heterocycles. The highest BCUT2D eigenvalue weighted by molar-refractivity contribution is 4.73. The zero-order valence-corrected chi connectivity index (χ0v) is 5.55. The van der Waals surface area contributed by atoms with Crippen LogP contribution in [0.1, 0.15) is 20.3 Å². The third kappa shape index (κ3) is 7.79. The summed E-state index contributed by atoms with van der Waals surface area (Å²) in [6.45, 7) is 6.25. The first-order chi connectivity index (χ1) is 3.71. The van der Waals surface area contributed by atoms with Crippen molar-refractivity contribution >= 4 is 0 Å². The molecule has 0 aromatic rings. The van der Waals surface area contributed by atoms with E-state index in [2.05, 4.69) is 6.92 Å². The second-order valence-corrected chi connectivity index (χ2v) is 2.96. The van der Waals surface area contributed by atoms with Crippen molar-refractivity contribution in [2.24, 2.45) is 5.41 Å². The first kappa shape index (κ1) is 8.79. The first-order valence-electron chi connectivity index (χ1n) is 2.63. The molecule has 0 amide bonds. The molecule has 0 saturated heterocycles. The largest absolute Gasteiger partial charge is 0.389 e. The number of halogens is 3. The van der Waals surface area contributed by atoms with E-state index < -0.39 is 18.0 Å². The van der Waals surface area contributed by atoms with E-state index in [4.69, 9.17) is 0 Å². The number of hydrogen-bond acceptors (Lipinski definition) is 0. The van der Waals surface area contributed by atoms with Gasteiger partial charge in [0, 0.05) is 6.42 Å². The fraction of sp³-hybridized carbons (Fsp3) is 0.833. The van der Waals surface area contributed by atoms with Crippen molar-refractivity contribution < 1.29 is 13.2 Å². The van der Waals surface area contributed by atoms with Crippen molar-refractivity contribution in [1.29, 1.82) is 0 Å². The van der Waals surface area contributed by atoms with Crippen LogP contribution in [0.2, 0.25) is 0 Å². The summed E-state index contributed by atoms with van der Waals surface area (Å²) >= 11 is 0. The molecule has 0 N–H and O–H groups in total. The lowest BCUT2D eigenvalue weighted by molar-refractivity contribution is -0.149. The Hall–Kier alpha value is -0.210. The van der Waals surface area contributed by atoms with E-state index in [1.807, 2.05) is 0 Å². The van der Waals surface area contributed by atoms with E-state index in [1.165, 1.54) is 13.8 Å². The number of hydrogen-bond donors (Lipinski definition) is 0. The number of alkyl halides is 3. The topological polar surface area (TPSA) is 0 Å². The summed E-state index contributed by atoms with van der Waals surface area (Å²) in [7, 11) is 0. The van der Waals surface area contributed by atoms with Crippen LogP contribution in [0.4, 0.5) is 13.2 Å². The lowest BCUT2D eigenvalue weighted by atomic mass is 9.92. The van der Waals surface area contributed by atoms with Gasteiger partial charge >= 0.3 is 6.18 Å². The predicted molar refractivity (Wildman–Crippen MR) is 29.8 cm³/mol. The highest BCUT2D eigenvalue weighted by Crippen LogP contribution is 2.31. The van der Waals surface area contributed by atoms with E-state index in [0.717, 1.165) is 0 Å². The molecule has 0 spiro atoms. The second kappa shape index (κ2) is 2.20. The minimum absolute atomic E-state index is 0.819. The smallest absolute Gasteiger partial charge is 0.171 e. The molecule has 0 aliphatic rings. The Morgan fingerprint density at radius 2 is 1.56 bits per heavy atom. The molecule has 0 heterocycles. The maximum Gasteiger partial charge on any atom is 0.389 e. The van der Waals surface area contributed by atoms with Crippen LogP contribution in [0, 0.1) is 12.3 Å². The Kier molecular flexibility index (Phi) is 2.14. The minimum Gasteiger partial charge on any atom is -0.171 e. The van der Waals surface area contributed by atoms with Crippen LogP contribution in [0.5, 0.6) is 0 Å². The summed E-state index contributed by atoms with van der Waals surface area (Å²) in [5.41, 5.74) is -0.891. The molecule has 0 unspecified atom stereocenters. The van der Waals surface area contributed by atoms with Crippen molar-refractivity contribution in [3.63, 3.8) is 0 Å². The van der Waals surface area contributed by atoms with Crippen molar-refractivity contribution in [3.05, 3.63) is 6.92 Å². The fourth-order valence-corrected chi connectivity index (χ4v) is 0.543. The first-order valence-corrected chi connectivity index (χ1v) is 2.63. The van der Waals surface area contributed by atoms with Gasteiger partial charge in [-0.1, -0.05) is 13.8 Å². The molecule has 0 fully saturated rings. The Morgan fingerprint density at radius 1 is 1.22 bits per heavy atom. The van der Waals surface area contributed by atoms with Gasteiger partial charge in [0.25, 0.3) is 0 Å². The molecule has 9 heavy (non-hydrogen) atoms. The van der Waals surface area contributed by atoms with Crippen molar-refractivity contribution in [3.8, 4) is 0 Å². The average molecular weight is 139 g/mol. The van der Waals surface area contributed by atoms with Crippen molar-refractivity contribution in [2.45, 2.75) is 26.4 Å². The summed E-state index contributed by atoms with van der Waals surface area (Å²) in [6.07, 6.45) is -4.90. The molecule has 0 rings (SSSR count). The molecular weight excluding hydrogens is 129 g/mol. The molecule has 0 aliphatic carbocycles. The summed E-state index contributed by atoms with van der Waals surface area (Å²) in [4.78, 5) is 0. The Balaban J connectivity index is 3.75. The highest BCUT2D eigenvalue weighted by Gasteiger charge is 2.33. The lowest BCUT2D eigenvalue weighted by Crippen LogP contribution is -2.18. The monoisotopic (exact) mass is 139 g/mol. The Labute approximate surface area is 53.1 Å². The van der Waals surface area contributed by atoms with Crippen LogP contribution in [0.25, 0.3) is 0 Å². The zero-order valence-electron chi connectivity index (χ0n) is 5.55. The van der Waals surface area contributed by atoms with Gasteiger partial charge < -0.3 is 0 Å². The highest BCUT2D eigenvalue weighted by atomic mass is 19.4.